The molecule has 4 rings (SSSR count). The maximum Gasteiger partial charge on any atom is 0.224 e. The summed E-state index contributed by atoms with van der Waals surface area (Å²) in [5.41, 5.74) is 3.39. The summed E-state index contributed by atoms with van der Waals surface area (Å²) in [5, 5.41) is 14.3. The Hall–Kier alpha value is -4.01. The van der Waals surface area contributed by atoms with E-state index < -0.39 is 0 Å². The minimum Gasteiger partial charge on any atom is -0.361 e. The number of nitrogens with zero attached hydrogens (tertiary/aromatic N) is 5. The van der Waals surface area contributed by atoms with Crippen LogP contribution in [0.2, 0.25) is 0 Å². The smallest absolute Gasteiger partial charge is 0.224 e. The Labute approximate surface area is 179 Å². The number of rotatable bonds is 7. The highest BCUT2D eigenvalue weighted by atomic mass is 16.5. The fourth-order valence-electron chi connectivity index (χ4n) is 3.24. The molecule has 0 unspecified atom stereocenters. The van der Waals surface area contributed by atoms with Gasteiger partial charge in [0, 0.05) is 41.8 Å². The second-order valence-corrected chi connectivity index (χ2v) is 7.16. The third-order valence-corrected chi connectivity index (χ3v) is 4.79. The molecule has 9 nitrogen and oxygen atoms in total. The molecule has 31 heavy (non-hydrogen) atoms. The van der Waals surface area contributed by atoms with Gasteiger partial charge in [-0.2, -0.15) is 5.10 Å². The van der Waals surface area contributed by atoms with Crippen LogP contribution in [0.5, 0.6) is 0 Å². The molecule has 9 heteroatoms. The lowest BCUT2D eigenvalue weighted by Gasteiger charge is -2.10. The van der Waals surface area contributed by atoms with Crippen LogP contribution in [0.15, 0.2) is 53.3 Å². The van der Waals surface area contributed by atoms with E-state index >= 15 is 0 Å². The molecule has 158 valence electrons. The van der Waals surface area contributed by atoms with Gasteiger partial charge in [-0.25, -0.2) is 14.6 Å². The summed E-state index contributed by atoms with van der Waals surface area (Å²) in [5.74, 6) is 2.68. The standard InChI is InChI=1S/C22H23N7O2/c1-14-19(15(2)31-28-14)9-10-22(30)27-18-7-5-17(6-8-18)26-20-13-21(25-16(3)24-20)29-12-4-11-23-29/h4-8,11-13H,9-10H2,1-3H3,(H,27,30)(H,24,25,26). The number of aryl methyl sites for hydroxylation is 3. The van der Waals surface area contributed by atoms with Gasteiger partial charge in [-0.3, -0.25) is 4.79 Å². The summed E-state index contributed by atoms with van der Waals surface area (Å²) in [7, 11) is 0. The highest BCUT2D eigenvalue weighted by Crippen LogP contribution is 2.20. The number of hydrogen-bond acceptors (Lipinski definition) is 7. The molecule has 0 saturated carbocycles. The van der Waals surface area contributed by atoms with Crippen LogP contribution >= 0.6 is 0 Å². The number of amides is 1. The van der Waals surface area contributed by atoms with Gasteiger partial charge in [0.2, 0.25) is 5.91 Å². The normalized spacial score (nSPS) is 10.8. The Morgan fingerprint density at radius 3 is 2.55 bits per heavy atom. The molecule has 0 radical (unpaired) electrons. The van der Waals surface area contributed by atoms with Crippen molar-refractivity contribution in [2.24, 2.45) is 0 Å². The van der Waals surface area contributed by atoms with Crippen LogP contribution in [0.1, 0.15) is 29.3 Å². The van der Waals surface area contributed by atoms with E-state index in [4.69, 9.17) is 4.52 Å². The zero-order valence-corrected chi connectivity index (χ0v) is 17.6. The van der Waals surface area contributed by atoms with E-state index in [1.54, 1.807) is 10.9 Å². The molecule has 0 saturated heterocycles. The molecule has 1 amide bonds. The van der Waals surface area contributed by atoms with Crippen LogP contribution in [0.3, 0.4) is 0 Å². The third kappa shape index (κ3) is 4.95. The van der Waals surface area contributed by atoms with Gasteiger partial charge >= 0.3 is 0 Å². The van der Waals surface area contributed by atoms with Crippen molar-refractivity contribution in [1.29, 1.82) is 0 Å². The second kappa shape index (κ2) is 8.78. The monoisotopic (exact) mass is 417 g/mol. The maximum atomic E-state index is 12.3. The molecule has 3 aromatic heterocycles. The van der Waals surface area contributed by atoms with Crippen LogP contribution in [-0.2, 0) is 11.2 Å². The van der Waals surface area contributed by atoms with Crippen molar-refractivity contribution in [3.63, 3.8) is 0 Å². The summed E-state index contributed by atoms with van der Waals surface area (Å²) >= 11 is 0. The van der Waals surface area contributed by atoms with Gasteiger partial charge < -0.3 is 15.2 Å². The number of aromatic nitrogens is 5. The molecule has 3 heterocycles. The number of nitrogens with one attached hydrogen (secondary N) is 2. The number of carbonyl (C=O) groups excluding carboxylic acids is 1. The van der Waals surface area contributed by atoms with Crippen LogP contribution < -0.4 is 10.6 Å². The zero-order chi connectivity index (χ0) is 21.8. The van der Waals surface area contributed by atoms with Crippen LogP contribution in [0.25, 0.3) is 5.82 Å². The van der Waals surface area contributed by atoms with Gasteiger partial charge in [-0.15, -0.1) is 0 Å². The van der Waals surface area contributed by atoms with Crippen molar-refractivity contribution >= 4 is 23.1 Å². The lowest BCUT2D eigenvalue weighted by molar-refractivity contribution is -0.116. The van der Waals surface area contributed by atoms with E-state index in [0.717, 1.165) is 28.4 Å². The first-order valence-electron chi connectivity index (χ1n) is 9.92. The first-order chi connectivity index (χ1) is 15.0. The molecule has 0 bridgehead atoms. The Bertz CT molecular complexity index is 1160. The highest BCUT2D eigenvalue weighted by molar-refractivity contribution is 5.91. The van der Waals surface area contributed by atoms with E-state index in [1.165, 1.54) is 0 Å². The fraction of sp³-hybridized carbons (Fsp3) is 0.227. The molecule has 0 atom stereocenters. The topological polar surface area (TPSA) is 111 Å². The molecule has 2 N–H and O–H groups in total. The predicted molar refractivity (Wildman–Crippen MR) is 117 cm³/mol. The third-order valence-electron chi connectivity index (χ3n) is 4.79. The Kier molecular flexibility index (Phi) is 5.74. The zero-order valence-electron chi connectivity index (χ0n) is 17.6. The summed E-state index contributed by atoms with van der Waals surface area (Å²) in [6.45, 7) is 5.57. The Morgan fingerprint density at radius 1 is 1.10 bits per heavy atom. The molecular weight excluding hydrogens is 394 g/mol. The Morgan fingerprint density at radius 2 is 1.87 bits per heavy atom. The van der Waals surface area contributed by atoms with E-state index in [-0.39, 0.29) is 5.91 Å². The lowest BCUT2D eigenvalue weighted by atomic mass is 10.1. The average molecular weight is 417 g/mol. The van der Waals surface area contributed by atoms with Crippen molar-refractivity contribution in [3.8, 4) is 5.82 Å². The van der Waals surface area contributed by atoms with Crippen LogP contribution in [0.4, 0.5) is 17.2 Å². The van der Waals surface area contributed by atoms with Crippen molar-refractivity contribution in [1.82, 2.24) is 24.9 Å². The van der Waals surface area contributed by atoms with E-state index in [2.05, 4.69) is 30.9 Å². The number of anilines is 3. The quantitative estimate of drug-likeness (QED) is 0.469. The molecule has 4 aromatic rings. The number of benzene rings is 1. The van der Waals surface area contributed by atoms with Gasteiger partial charge in [-0.1, -0.05) is 5.16 Å². The molecule has 0 aliphatic heterocycles. The van der Waals surface area contributed by atoms with Crippen molar-refractivity contribution in [3.05, 3.63) is 71.6 Å². The lowest BCUT2D eigenvalue weighted by Crippen LogP contribution is -2.12. The summed E-state index contributed by atoms with van der Waals surface area (Å²) < 4.78 is 6.82. The molecule has 0 fully saturated rings. The fourth-order valence-corrected chi connectivity index (χ4v) is 3.24. The number of carbonyl (C=O) groups is 1. The summed E-state index contributed by atoms with van der Waals surface area (Å²) in [6, 6.07) is 11.1. The highest BCUT2D eigenvalue weighted by Gasteiger charge is 2.11. The van der Waals surface area contributed by atoms with Gasteiger partial charge in [-0.05, 0) is 57.5 Å². The minimum atomic E-state index is -0.0593. The van der Waals surface area contributed by atoms with Crippen molar-refractivity contribution in [2.45, 2.75) is 33.6 Å². The van der Waals surface area contributed by atoms with Gasteiger partial charge in [0.25, 0.3) is 0 Å². The largest absolute Gasteiger partial charge is 0.361 e. The molecular formula is C22H23N7O2. The van der Waals surface area contributed by atoms with Gasteiger partial charge in [0.1, 0.15) is 17.4 Å². The SMILES string of the molecule is Cc1nc(Nc2ccc(NC(=O)CCc3c(C)noc3C)cc2)cc(-n2cccn2)n1. The van der Waals surface area contributed by atoms with E-state index in [9.17, 15) is 4.79 Å². The summed E-state index contributed by atoms with van der Waals surface area (Å²) in [4.78, 5) is 21.1. The molecule has 0 spiro atoms. The Balaban J connectivity index is 1.37. The second-order valence-electron chi connectivity index (χ2n) is 7.16. The molecule has 0 aliphatic carbocycles. The number of hydrogen-bond donors (Lipinski definition) is 2. The predicted octanol–water partition coefficient (Wildman–Crippen LogP) is 3.89. The molecule has 1 aromatic carbocycles. The maximum absolute atomic E-state index is 12.3. The van der Waals surface area contributed by atoms with E-state index in [0.29, 0.717) is 30.3 Å². The van der Waals surface area contributed by atoms with Crippen molar-refractivity contribution < 1.29 is 9.32 Å². The first kappa shape index (κ1) is 20.3. The molecule has 0 aliphatic rings. The first-order valence-corrected chi connectivity index (χ1v) is 9.92. The summed E-state index contributed by atoms with van der Waals surface area (Å²) in [6.07, 6.45) is 4.48. The van der Waals surface area contributed by atoms with E-state index in [1.807, 2.05) is 63.4 Å². The minimum absolute atomic E-state index is 0.0593. The van der Waals surface area contributed by atoms with Gasteiger partial charge in [0.05, 0.1) is 5.69 Å². The van der Waals surface area contributed by atoms with Crippen LogP contribution in [-0.4, -0.2) is 30.8 Å². The average Bonchev–Trinajstić information content (AvgIpc) is 3.38. The van der Waals surface area contributed by atoms with Crippen molar-refractivity contribution in [2.75, 3.05) is 10.6 Å². The van der Waals surface area contributed by atoms with Gasteiger partial charge in [0.15, 0.2) is 5.82 Å². The van der Waals surface area contributed by atoms with Crippen LogP contribution in [0, 0.1) is 20.8 Å².